The first-order valence-corrected chi connectivity index (χ1v) is 9.51. The van der Waals surface area contributed by atoms with Crippen LogP contribution in [0.4, 0.5) is 5.69 Å². The number of nitrogens with zero attached hydrogens (tertiary/aromatic N) is 2. The lowest BCUT2D eigenvalue weighted by molar-refractivity contribution is 0.101. The van der Waals surface area contributed by atoms with Gasteiger partial charge >= 0.3 is 0 Å². The molecule has 0 bridgehead atoms. The predicted molar refractivity (Wildman–Crippen MR) is 113 cm³/mol. The number of nitrogens with one attached hydrogen (secondary N) is 1. The van der Waals surface area contributed by atoms with Gasteiger partial charge in [-0.15, -0.1) is 0 Å². The Bertz CT molecular complexity index is 1030. The van der Waals surface area contributed by atoms with E-state index in [4.69, 9.17) is 4.74 Å². The molecule has 1 amide bonds. The summed E-state index contributed by atoms with van der Waals surface area (Å²) < 4.78 is 7.44. The number of benzene rings is 1. The number of aromatic nitrogens is 2. The minimum Gasteiger partial charge on any atom is -0.381 e. The molecule has 0 aliphatic carbocycles. The average molecular weight is 391 g/mol. The maximum absolute atomic E-state index is 13.1. The molecule has 2 heterocycles. The van der Waals surface area contributed by atoms with Crippen molar-refractivity contribution in [3.05, 3.63) is 93.7 Å². The van der Waals surface area contributed by atoms with Gasteiger partial charge in [-0.1, -0.05) is 18.2 Å². The first-order valence-electron chi connectivity index (χ1n) is 9.51. The van der Waals surface area contributed by atoms with Crippen LogP contribution in [0.25, 0.3) is 0 Å². The van der Waals surface area contributed by atoms with E-state index in [2.05, 4.69) is 10.3 Å². The molecule has 0 saturated heterocycles. The third kappa shape index (κ3) is 4.97. The number of anilines is 1. The lowest BCUT2D eigenvalue weighted by Crippen LogP contribution is -2.30. The average Bonchev–Trinajstić information content (AvgIpc) is 2.72. The third-order valence-corrected chi connectivity index (χ3v) is 4.86. The molecule has 0 fully saturated rings. The molecule has 1 aromatic carbocycles. The summed E-state index contributed by atoms with van der Waals surface area (Å²) in [7, 11) is 1.62. The summed E-state index contributed by atoms with van der Waals surface area (Å²) in [5.74, 6) is -0.414. The van der Waals surface area contributed by atoms with Crippen LogP contribution in [0.5, 0.6) is 0 Å². The Hall–Kier alpha value is -3.25. The fourth-order valence-electron chi connectivity index (χ4n) is 3.25. The molecule has 2 aromatic heterocycles. The third-order valence-electron chi connectivity index (χ3n) is 4.86. The van der Waals surface area contributed by atoms with Crippen molar-refractivity contribution in [1.29, 1.82) is 0 Å². The fourth-order valence-corrected chi connectivity index (χ4v) is 3.25. The summed E-state index contributed by atoms with van der Waals surface area (Å²) in [5, 5.41) is 2.84. The number of methoxy groups -OCH3 is 1. The van der Waals surface area contributed by atoms with Crippen LogP contribution in [0.15, 0.2) is 65.7 Å². The molecule has 150 valence electrons. The number of carbonyl (C=O) groups is 1. The summed E-state index contributed by atoms with van der Waals surface area (Å²) in [5.41, 5.74) is 2.99. The van der Waals surface area contributed by atoms with Crippen molar-refractivity contribution >= 4 is 11.6 Å². The minimum absolute atomic E-state index is 0.150. The van der Waals surface area contributed by atoms with Crippen molar-refractivity contribution in [2.24, 2.45) is 0 Å². The van der Waals surface area contributed by atoms with Crippen molar-refractivity contribution in [1.82, 2.24) is 9.55 Å². The van der Waals surface area contributed by atoms with E-state index in [0.29, 0.717) is 24.3 Å². The van der Waals surface area contributed by atoms with Crippen molar-refractivity contribution in [3.8, 4) is 0 Å². The Labute approximate surface area is 170 Å². The number of para-hydroxylation sites is 1. The van der Waals surface area contributed by atoms with Crippen LogP contribution in [0.2, 0.25) is 0 Å². The Balaban J connectivity index is 2.09. The lowest BCUT2D eigenvalue weighted by Gasteiger charge is -2.22. The van der Waals surface area contributed by atoms with E-state index in [9.17, 15) is 9.59 Å². The molecule has 0 saturated carbocycles. The normalized spacial score (nSPS) is 11.8. The molecule has 6 nitrogen and oxygen atoms in total. The van der Waals surface area contributed by atoms with Gasteiger partial charge in [-0.2, -0.15) is 0 Å². The van der Waals surface area contributed by atoms with Gasteiger partial charge in [-0.05, 0) is 43.7 Å². The molecule has 0 radical (unpaired) electrons. The number of rotatable bonds is 7. The molecule has 0 spiro atoms. The zero-order valence-electron chi connectivity index (χ0n) is 16.9. The topological polar surface area (TPSA) is 73.2 Å². The summed E-state index contributed by atoms with van der Waals surface area (Å²) in [6.45, 7) is 4.33. The van der Waals surface area contributed by atoms with Crippen LogP contribution in [0.1, 0.15) is 34.2 Å². The van der Waals surface area contributed by atoms with Gasteiger partial charge < -0.3 is 14.6 Å². The van der Waals surface area contributed by atoms with Crippen molar-refractivity contribution in [2.75, 3.05) is 12.4 Å². The highest BCUT2D eigenvalue weighted by Gasteiger charge is 2.22. The summed E-state index contributed by atoms with van der Waals surface area (Å²) in [6, 6.07) is 14.5. The summed E-state index contributed by atoms with van der Waals surface area (Å²) in [6.07, 6.45) is 3.75. The van der Waals surface area contributed by atoms with Gasteiger partial charge in [0, 0.05) is 55.6 Å². The number of hydrogen-bond donors (Lipinski definition) is 1. The van der Waals surface area contributed by atoms with Crippen LogP contribution in [0, 0.1) is 6.92 Å². The van der Waals surface area contributed by atoms with E-state index in [-0.39, 0.29) is 17.1 Å². The van der Waals surface area contributed by atoms with Gasteiger partial charge in [0.1, 0.15) is 5.56 Å². The van der Waals surface area contributed by atoms with Gasteiger partial charge in [-0.3, -0.25) is 14.6 Å². The fraction of sp³-hybridized carbons (Fsp3) is 0.261. The molecule has 1 unspecified atom stereocenters. The summed E-state index contributed by atoms with van der Waals surface area (Å²) in [4.78, 5) is 30.0. The van der Waals surface area contributed by atoms with E-state index in [0.717, 1.165) is 11.3 Å². The Morgan fingerprint density at radius 2 is 1.86 bits per heavy atom. The first kappa shape index (κ1) is 20.5. The van der Waals surface area contributed by atoms with Gasteiger partial charge in [-0.25, -0.2) is 0 Å². The molecule has 1 N–H and O–H groups in total. The quantitative estimate of drug-likeness (QED) is 0.670. The molecular formula is C23H25N3O3. The zero-order chi connectivity index (χ0) is 20.8. The number of pyridine rings is 2. The largest absolute Gasteiger partial charge is 0.381 e. The first-order chi connectivity index (χ1) is 14.0. The second kappa shape index (κ2) is 9.30. The van der Waals surface area contributed by atoms with E-state index in [1.165, 1.54) is 6.07 Å². The Morgan fingerprint density at radius 1 is 1.17 bits per heavy atom. The second-order valence-electron chi connectivity index (χ2n) is 6.98. The molecule has 3 aromatic rings. The maximum atomic E-state index is 13.1. The SMILES string of the molecule is COC(C)Cc1c(C(=O)Nc2ccccc2)c(=O)cc(C)n1Cc1ccncc1. The van der Waals surface area contributed by atoms with E-state index < -0.39 is 5.91 Å². The monoisotopic (exact) mass is 391 g/mol. The van der Waals surface area contributed by atoms with Crippen LogP contribution >= 0.6 is 0 Å². The molecule has 0 aliphatic heterocycles. The number of hydrogen-bond acceptors (Lipinski definition) is 4. The smallest absolute Gasteiger partial charge is 0.261 e. The van der Waals surface area contributed by atoms with E-state index >= 15 is 0 Å². The van der Waals surface area contributed by atoms with Gasteiger partial charge in [0.25, 0.3) is 5.91 Å². The van der Waals surface area contributed by atoms with Gasteiger partial charge in [0.2, 0.25) is 0 Å². The van der Waals surface area contributed by atoms with Gasteiger partial charge in [0.05, 0.1) is 6.10 Å². The van der Waals surface area contributed by atoms with Crippen molar-refractivity contribution < 1.29 is 9.53 Å². The predicted octanol–water partition coefficient (Wildman–Crippen LogP) is 3.43. The number of amides is 1. The zero-order valence-corrected chi connectivity index (χ0v) is 16.9. The van der Waals surface area contributed by atoms with E-state index in [1.807, 2.05) is 48.7 Å². The molecule has 29 heavy (non-hydrogen) atoms. The molecular weight excluding hydrogens is 366 g/mol. The molecule has 0 aliphatic rings. The standard InChI is InChI=1S/C23H25N3O3/c1-16-13-21(27)22(23(28)25-19-7-5-4-6-8-19)20(14-17(2)29-3)26(16)15-18-9-11-24-12-10-18/h4-13,17H,14-15H2,1-3H3,(H,25,28). The molecule has 6 heteroatoms. The van der Waals surface area contributed by atoms with Gasteiger partial charge in [0.15, 0.2) is 5.43 Å². The highest BCUT2D eigenvalue weighted by atomic mass is 16.5. The second-order valence-corrected chi connectivity index (χ2v) is 6.98. The lowest BCUT2D eigenvalue weighted by atomic mass is 10.0. The van der Waals surface area contributed by atoms with Crippen LogP contribution in [-0.2, 0) is 17.7 Å². The highest BCUT2D eigenvalue weighted by molar-refractivity contribution is 6.05. The van der Waals surface area contributed by atoms with Crippen LogP contribution < -0.4 is 10.7 Å². The molecule has 1 atom stereocenters. The van der Waals surface area contributed by atoms with Crippen LogP contribution in [0.3, 0.4) is 0 Å². The van der Waals surface area contributed by atoms with Crippen molar-refractivity contribution in [2.45, 2.75) is 32.9 Å². The Kier molecular flexibility index (Phi) is 6.57. The summed E-state index contributed by atoms with van der Waals surface area (Å²) >= 11 is 0. The maximum Gasteiger partial charge on any atom is 0.261 e. The Morgan fingerprint density at radius 3 is 2.52 bits per heavy atom. The van der Waals surface area contributed by atoms with Crippen LogP contribution in [-0.4, -0.2) is 28.7 Å². The highest BCUT2D eigenvalue weighted by Crippen LogP contribution is 2.17. The number of carbonyl (C=O) groups excluding carboxylic acids is 1. The van der Waals surface area contributed by atoms with Crippen molar-refractivity contribution in [3.63, 3.8) is 0 Å². The molecule has 3 rings (SSSR count). The number of ether oxygens (including phenoxy) is 1. The van der Waals surface area contributed by atoms with E-state index in [1.54, 1.807) is 31.6 Å². The number of aryl methyl sites for hydroxylation is 1. The minimum atomic E-state index is -0.414.